The molecule has 1 saturated heterocycles. The molecule has 1 atom stereocenters. The van der Waals surface area contributed by atoms with Crippen molar-refractivity contribution in [3.8, 4) is 17.1 Å². The molecule has 2 aromatic heterocycles. The van der Waals surface area contributed by atoms with Gasteiger partial charge in [0, 0.05) is 10.0 Å². The molecule has 0 aliphatic carbocycles. The fourth-order valence-electron chi connectivity index (χ4n) is 4.40. The highest BCUT2D eigenvalue weighted by Crippen LogP contribution is 2.34. The van der Waals surface area contributed by atoms with Crippen molar-refractivity contribution in [3.05, 3.63) is 81.6 Å². The molecule has 0 saturated carbocycles. The van der Waals surface area contributed by atoms with Crippen LogP contribution in [0.1, 0.15) is 17.1 Å². The van der Waals surface area contributed by atoms with E-state index in [0.29, 0.717) is 36.4 Å². The van der Waals surface area contributed by atoms with Gasteiger partial charge in [0.05, 0.1) is 30.5 Å². The number of amides is 1. The number of benzene rings is 2. The summed E-state index contributed by atoms with van der Waals surface area (Å²) in [6.07, 6.45) is 2.09. The SMILES string of the molecule is O=C1OC[C@H](Cc2ccccc2)N1Cc1nc2n(n1)Cc1c(Cl)ncn1-c1ccc(Br)cc1-2. The number of aromatic nitrogens is 5. The van der Waals surface area contributed by atoms with Gasteiger partial charge < -0.3 is 4.74 Å². The summed E-state index contributed by atoms with van der Waals surface area (Å²) in [4.78, 5) is 23.3. The molecule has 4 aromatic rings. The number of halogens is 2. The van der Waals surface area contributed by atoms with E-state index in [1.165, 1.54) is 0 Å². The Morgan fingerprint density at radius 1 is 1.18 bits per heavy atom. The number of imidazole rings is 1. The minimum atomic E-state index is -0.342. The molecule has 0 spiro atoms. The predicted octanol–water partition coefficient (Wildman–Crippen LogP) is 4.47. The Morgan fingerprint density at radius 3 is 2.88 bits per heavy atom. The second-order valence-corrected chi connectivity index (χ2v) is 9.34. The number of cyclic esters (lactones) is 1. The van der Waals surface area contributed by atoms with Gasteiger partial charge in [0.1, 0.15) is 12.9 Å². The van der Waals surface area contributed by atoms with Crippen molar-refractivity contribution in [2.45, 2.75) is 25.6 Å². The van der Waals surface area contributed by atoms with Crippen molar-refractivity contribution in [1.29, 1.82) is 0 Å². The number of rotatable bonds is 4. The molecule has 0 unspecified atom stereocenters. The maximum atomic E-state index is 12.5. The summed E-state index contributed by atoms with van der Waals surface area (Å²) in [5.41, 5.74) is 3.81. The van der Waals surface area contributed by atoms with Crippen LogP contribution in [0.3, 0.4) is 0 Å². The monoisotopic (exact) mass is 524 g/mol. The van der Waals surface area contributed by atoms with Crippen LogP contribution in [0.25, 0.3) is 17.1 Å². The van der Waals surface area contributed by atoms with Crippen LogP contribution in [0, 0.1) is 0 Å². The first-order chi connectivity index (χ1) is 16.1. The summed E-state index contributed by atoms with van der Waals surface area (Å²) in [5.74, 6) is 1.27. The topological polar surface area (TPSA) is 78.1 Å². The standard InChI is InChI=1S/C23H18BrClN6O2/c24-15-6-7-18-17(9-15)22-27-20(28-31(22)10-19-21(25)26-13-30(18)19)11-29-16(12-33-23(29)32)8-14-4-2-1-3-5-14/h1-7,9,13,16H,8,10-12H2/t16-/m0/s1. The highest BCUT2D eigenvalue weighted by molar-refractivity contribution is 9.10. The van der Waals surface area contributed by atoms with Crippen LogP contribution in [-0.2, 0) is 24.2 Å². The van der Waals surface area contributed by atoms with Gasteiger partial charge in [-0.15, -0.1) is 0 Å². The Labute approximate surface area is 202 Å². The van der Waals surface area contributed by atoms with E-state index in [1.807, 2.05) is 45.6 Å². The molecule has 166 valence electrons. The van der Waals surface area contributed by atoms with Gasteiger partial charge in [0.2, 0.25) is 0 Å². The molecule has 0 N–H and O–H groups in total. The minimum Gasteiger partial charge on any atom is -0.447 e. The Kier molecular flexibility index (Phi) is 4.95. The highest BCUT2D eigenvalue weighted by atomic mass is 79.9. The number of hydrogen-bond donors (Lipinski definition) is 0. The van der Waals surface area contributed by atoms with Gasteiger partial charge in [0.15, 0.2) is 16.8 Å². The first-order valence-corrected chi connectivity index (χ1v) is 11.7. The van der Waals surface area contributed by atoms with E-state index in [9.17, 15) is 4.79 Å². The van der Waals surface area contributed by atoms with Crippen LogP contribution in [0.15, 0.2) is 59.3 Å². The Morgan fingerprint density at radius 2 is 2.03 bits per heavy atom. The zero-order valence-electron chi connectivity index (χ0n) is 17.4. The fourth-order valence-corrected chi connectivity index (χ4v) is 4.95. The lowest BCUT2D eigenvalue weighted by Crippen LogP contribution is -2.35. The molecule has 8 nitrogen and oxygen atoms in total. The normalized spacial score (nSPS) is 16.7. The average Bonchev–Trinajstić information content (AvgIpc) is 3.46. The van der Waals surface area contributed by atoms with E-state index >= 15 is 0 Å². The minimum absolute atomic E-state index is 0.0690. The van der Waals surface area contributed by atoms with E-state index < -0.39 is 0 Å². The number of fused-ring (bicyclic) bond motifs is 5. The first kappa shape index (κ1) is 20.4. The Hall–Kier alpha value is -3.17. The number of carbonyl (C=O) groups is 1. The summed E-state index contributed by atoms with van der Waals surface area (Å²) in [6.45, 7) is 1.05. The van der Waals surface area contributed by atoms with Crippen LogP contribution in [0.5, 0.6) is 0 Å². The molecule has 2 aliphatic heterocycles. The summed E-state index contributed by atoms with van der Waals surface area (Å²) in [7, 11) is 0. The summed E-state index contributed by atoms with van der Waals surface area (Å²) in [5, 5.41) is 5.17. The van der Waals surface area contributed by atoms with Crippen molar-refractivity contribution < 1.29 is 9.53 Å². The Bertz CT molecular complexity index is 1370. The van der Waals surface area contributed by atoms with Gasteiger partial charge in [-0.1, -0.05) is 57.9 Å². The van der Waals surface area contributed by atoms with Crippen molar-refractivity contribution in [3.63, 3.8) is 0 Å². The summed E-state index contributed by atoms with van der Waals surface area (Å²) in [6, 6.07) is 16.0. The second kappa shape index (κ2) is 8.00. The molecule has 33 heavy (non-hydrogen) atoms. The third kappa shape index (κ3) is 3.61. The fraction of sp³-hybridized carbons (Fsp3) is 0.217. The molecule has 1 fully saturated rings. The van der Waals surface area contributed by atoms with Gasteiger partial charge in [-0.2, -0.15) is 5.10 Å². The number of ether oxygens (including phenoxy) is 1. The van der Waals surface area contributed by atoms with E-state index in [1.54, 1.807) is 11.2 Å². The second-order valence-electron chi connectivity index (χ2n) is 8.07. The summed E-state index contributed by atoms with van der Waals surface area (Å²) < 4.78 is 10.1. The van der Waals surface area contributed by atoms with Crippen LogP contribution in [0.4, 0.5) is 4.79 Å². The van der Waals surface area contributed by atoms with Gasteiger partial charge in [-0.25, -0.2) is 19.4 Å². The van der Waals surface area contributed by atoms with E-state index in [-0.39, 0.29) is 18.7 Å². The smallest absolute Gasteiger partial charge is 0.410 e. The number of nitrogens with zero attached hydrogens (tertiary/aromatic N) is 6. The van der Waals surface area contributed by atoms with Crippen LogP contribution < -0.4 is 0 Å². The lowest BCUT2D eigenvalue weighted by molar-refractivity contribution is 0.155. The zero-order valence-corrected chi connectivity index (χ0v) is 19.7. The molecule has 2 aliphatic rings. The molecule has 4 heterocycles. The van der Waals surface area contributed by atoms with Crippen molar-refractivity contribution in [2.75, 3.05) is 6.61 Å². The molecular weight excluding hydrogens is 508 g/mol. The van der Waals surface area contributed by atoms with Crippen molar-refractivity contribution in [1.82, 2.24) is 29.2 Å². The zero-order chi connectivity index (χ0) is 22.5. The van der Waals surface area contributed by atoms with Crippen LogP contribution >= 0.6 is 27.5 Å². The quantitative estimate of drug-likeness (QED) is 0.346. The maximum absolute atomic E-state index is 12.5. The molecule has 6 rings (SSSR count). The van der Waals surface area contributed by atoms with E-state index in [4.69, 9.17) is 26.4 Å². The van der Waals surface area contributed by atoms with Gasteiger partial charge in [-0.05, 0) is 30.2 Å². The van der Waals surface area contributed by atoms with E-state index in [2.05, 4.69) is 33.0 Å². The van der Waals surface area contributed by atoms with Gasteiger partial charge in [-0.3, -0.25) is 9.47 Å². The van der Waals surface area contributed by atoms with Crippen molar-refractivity contribution in [2.24, 2.45) is 0 Å². The predicted molar refractivity (Wildman–Crippen MR) is 125 cm³/mol. The summed E-state index contributed by atoms with van der Waals surface area (Å²) >= 11 is 9.94. The average molecular weight is 526 g/mol. The highest BCUT2D eigenvalue weighted by Gasteiger charge is 2.34. The third-order valence-corrected chi connectivity index (χ3v) is 6.80. The Balaban J connectivity index is 1.35. The molecule has 2 aromatic carbocycles. The lowest BCUT2D eigenvalue weighted by atomic mass is 10.1. The molecular formula is C23H18BrClN6O2. The largest absolute Gasteiger partial charge is 0.447 e. The maximum Gasteiger partial charge on any atom is 0.410 e. The molecule has 1 amide bonds. The first-order valence-electron chi connectivity index (χ1n) is 10.5. The van der Waals surface area contributed by atoms with Crippen LogP contribution in [0.2, 0.25) is 5.15 Å². The number of carbonyl (C=O) groups excluding carboxylic acids is 1. The molecule has 0 bridgehead atoms. The van der Waals surface area contributed by atoms with Crippen LogP contribution in [-0.4, -0.2) is 48.0 Å². The van der Waals surface area contributed by atoms with Crippen molar-refractivity contribution >= 4 is 33.6 Å². The number of hydrogen-bond acceptors (Lipinski definition) is 5. The molecule has 10 heteroatoms. The van der Waals surface area contributed by atoms with E-state index in [0.717, 1.165) is 27.0 Å². The van der Waals surface area contributed by atoms with Gasteiger partial charge in [0.25, 0.3) is 0 Å². The third-order valence-electron chi connectivity index (χ3n) is 5.99. The molecule has 0 radical (unpaired) electrons. The lowest BCUT2D eigenvalue weighted by Gasteiger charge is -2.20. The van der Waals surface area contributed by atoms with Gasteiger partial charge >= 0.3 is 6.09 Å².